The van der Waals surface area contributed by atoms with Crippen molar-refractivity contribution in [2.24, 2.45) is 5.73 Å². The number of non-ortho nitro benzene ring substituents is 1. The highest BCUT2D eigenvalue weighted by Crippen LogP contribution is 2.21. The second-order valence-corrected chi connectivity index (χ2v) is 3.01. The number of nitrogens with one attached hydrogen (secondary N) is 1. The SMILES string of the molecule is Cc1ccc([N+](=O)[O-])cc1NC(=O)CN. The summed E-state index contributed by atoms with van der Waals surface area (Å²) in [6, 6.07) is 4.26. The minimum Gasteiger partial charge on any atom is -0.324 e. The van der Waals surface area contributed by atoms with E-state index in [4.69, 9.17) is 5.73 Å². The van der Waals surface area contributed by atoms with E-state index in [1.165, 1.54) is 12.1 Å². The van der Waals surface area contributed by atoms with E-state index in [2.05, 4.69) is 5.32 Å². The van der Waals surface area contributed by atoms with Crippen LogP contribution in [-0.4, -0.2) is 17.4 Å². The van der Waals surface area contributed by atoms with Crippen LogP contribution >= 0.6 is 0 Å². The van der Waals surface area contributed by atoms with Crippen molar-refractivity contribution in [3.8, 4) is 0 Å². The standard InChI is InChI=1S/C9H11N3O3/c1-6-2-3-7(12(14)15)4-8(6)11-9(13)5-10/h2-4H,5,10H2,1H3,(H,11,13). The van der Waals surface area contributed by atoms with Crippen molar-refractivity contribution < 1.29 is 9.72 Å². The van der Waals surface area contributed by atoms with Crippen LogP contribution in [-0.2, 0) is 4.79 Å². The normalized spacial score (nSPS) is 9.73. The smallest absolute Gasteiger partial charge is 0.271 e. The quantitative estimate of drug-likeness (QED) is 0.568. The van der Waals surface area contributed by atoms with Crippen LogP contribution in [0.15, 0.2) is 18.2 Å². The number of hydrogen-bond donors (Lipinski definition) is 2. The molecular formula is C9H11N3O3. The molecule has 0 heterocycles. The Morgan fingerprint density at radius 2 is 2.27 bits per heavy atom. The zero-order chi connectivity index (χ0) is 11.4. The molecule has 0 fully saturated rings. The summed E-state index contributed by atoms with van der Waals surface area (Å²) in [5.41, 5.74) is 6.23. The minimum absolute atomic E-state index is 0.0621. The first-order valence-corrected chi connectivity index (χ1v) is 4.29. The largest absolute Gasteiger partial charge is 0.324 e. The molecule has 15 heavy (non-hydrogen) atoms. The third-order valence-electron chi connectivity index (χ3n) is 1.89. The molecule has 1 aromatic rings. The lowest BCUT2D eigenvalue weighted by atomic mass is 10.2. The van der Waals surface area contributed by atoms with Crippen molar-refractivity contribution in [3.05, 3.63) is 33.9 Å². The van der Waals surface area contributed by atoms with Gasteiger partial charge in [-0.05, 0) is 12.5 Å². The van der Waals surface area contributed by atoms with Crippen molar-refractivity contribution in [1.29, 1.82) is 0 Å². The topological polar surface area (TPSA) is 98.3 Å². The molecule has 1 aromatic carbocycles. The molecule has 0 spiro atoms. The summed E-state index contributed by atoms with van der Waals surface area (Å²) in [5.74, 6) is -0.376. The van der Waals surface area contributed by atoms with E-state index >= 15 is 0 Å². The highest BCUT2D eigenvalue weighted by atomic mass is 16.6. The highest BCUT2D eigenvalue weighted by Gasteiger charge is 2.09. The third-order valence-corrected chi connectivity index (χ3v) is 1.89. The lowest BCUT2D eigenvalue weighted by Crippen LogP contribution is -2.22. The maximum atomic E-state index is 11.0. The number of benzene rings is 1. The summed E-state index contributed by atoms with van der Waals surface area (Å²) in [7, 11) is 0. The summed E-state index contributed by atoms with van der Waals surface area (Å²) in [6.07, 6.45) is 0. The van der Waals surface area contributed by atoms with Gasteiger partial charge in [0.05, 0.1) is 17.2 Å². The van der Waals surface area contributed by atoms with Gasteiger partial charge in [0.2, 0.25) is 5.91 Å². The van der Waals surface area contributed by atoms with Gasteiger partial charge in [0.15, 0.2) is 0 Å². The van der Waals surface area contributed by atoms with Crippen LogP contribution in [0.5, 0.6) is 0 Å². The number of rotatable bonds is 3. The van der Waals surface area contributed by atoms with Crippen LogP contribution in [0.4, 0.5) is 11.4 Å². The molecule has 0 aliphatic heterocycles. The predicted octanol–water partition coefficient (Wildman–Crippen LogP) is 0.800. The molecule has 1 amide bonds. The van der Waals surface area contributed by atoms with Crippen molar-refractivity contribution in [2.75, 3.05) is 11.9 Å². The first-order chi connectivity index (χ1) is 7.04. The maximum absolute atomic E-state index is 11.0. The molecule has 0 radical (unpaired) electrons. The highest BCUT2D eigenvalue weighted by molar-refractivity contribution is 5.93. The number of carbonyl (C=O) groups excluding carboxylic acids is 1. The van der Waals surface area contributed by atoms with Gasteiger partial charge in [0, 0.05) is 12.1 Å². The summed E-state index contributed by atoms with van der Waals surface area (Å²) < 4.78 is 0. The van der Waals surface area contributed by atoms with Gasteiger partial charge < -0.3 is 11.1 Å². The molecular weight excluding hydrogens is 198 g/mol. The van der Waals surface area contributed by atoms with Crippen LogP contribution in [0.1, 0.15) is 5.56 Å². The molecule has 0 aliphatic carbocycles. The fraction of sp³-hybridized carbons (Fsp3) is 0.222. The first-order valence-electron chi connectivity index (χ1n) is 4.29. The molecule has 0 bridgehead atoms. The van der Waals surface area contributed by atoms with Crippen molar-refractivity contribution in [2.45, 2.75) is 6.92 Å². The molecule has 0 aliphatic rings. The number of anilines is 1. The van der Waals surface area contributed by atoms with Gasteiger partial charge in [-0.15, -0.1) is 0 Å². The van der Waals surface area contributed by atoms with Crippen LogP contribution in [0.2, 0.25) is 0 Å². The second-order valence-electron chi connectivity index (χ2n) is 3.01. The van der Waals surface area contributed by atoms with E-state index in [9.17, 15) is 14.9 Å². The summed E-state index contributed by atoms with van der Waals surface area (Å²) in [5, 5.41) is 13.0. The number of nitrogens with two attached hydrogens (primary N) is 1. The zero-order valence-electron chi connectivity index (χ0n) is 8.19. The third kappa shape index (κ3) is 2.75. The van der Waals surface area contributed by atoms with E-state index in [0.29, 0.717) is 5.69 Å². The first kappa shape index (κ1) is 11.1. The second kappa shape index (κ2) is 4.52. The number of hydrogen-bond acceptors (Lipinski definition) is 4. The molecule has 3 N–H and O–H groups in total. The van der Waals surface area contributed by atoms with Gasteiger partial charge in [-0.1, -0.05) is 6.07 Å². The summed E-state index contributed by atoms with van der Waals surface area (Å²) in [6.45, 7) is 1.60. The fourth-order valence-electron chi connectivity index (χ4n) is 1.06. The number of nitro benzene ring substituents is 1. The van der Waals surface area contributed by atoms with Crippen LogP contribution < -0.4 is 11.1 Å². The number of nitro groups is 1. The fourth-order valence-corrected chi connectivity index (χ4v) is 1.06. The van der Waals surface area contributed by atoms with Gasteiger partial charge in [0.1, 0.15) is 0 Å². The molecule has 0 atom stereocenters. The predicted molar refractivity (Wildman–Crippen MR) is 55.5 cm³/mol. The Bertz CT molecular complexity index is 404. The monoisotopic (exact) mass is 209 g/mol. The molecule has 0 saturated heterocycles. The van der Waals surface area contributed by atoms with Gasteiger partial charge in [0.25, 0.3) is 5.69 Å². The molecule has 80 valence electrons. The Hall–Kier alpha value is -1.95. The number of carbonyl (C=O) groups is 1. The van der Waals surface area contributed by atoms with Crippen LogP contribution in [0.25, 0.3) is 0 Å². The molecule has 6 heteroatoms. The lowest BCUT2D eigenvalue weighted by molar-refractivity contribution is -0.384. The summed E-state index contributed by atoms with van der Waals surface area (Å²) in [4.78, 5) is 21.0. The number of aryl methyl sites for hydroxylation is 1. The molecule has 6 nitrogen and oxygen atoms in total. The van der Waals surface area contributed by atoms with Gasteiger partial charge >= 0.3 is 0 Å². The number of nitrogens with zero attached hydrogens (tertiary/aromatic N) is 1. The van der Waals surface area contributed by atoms with E-state index in [1.54, 1.807) is 13.0 Å². The molecule has 0 unspecified atom stereocenters. The Kier molecular flexibility index (Phi) is 3.35. The Balaban J connectivity index is 3.00. The van der Waals surface area contributed by atoms with Crippen molar-refractivity contribution in [3.63, 3.8) is 0 Å². The molecule has 0 saturated carbocycles. The molecule has 0 aromatic heterocycles. The Morgan fingerprint density at radius 1 is 1.60 bits per heavy atom. The molecule has 1 rings (SSSR count). The van der Waals surface area contributed by atoms with Crippen LogP contribution in [0, 0.1) is 17.0 Å². The summed E-state index contributed by atoms with van der Waals surface area (Å²) >= 11 is 0. The lowest BCUT2D eigenvalue weighted by Gasteiger charge is -2.06. The maximum Gasteiger partial charge on any atom is 0.271 e. The van der Waals surface area contributed by atoms with E-state index in [-0.39, 0.29) is 18.1 Å². The van der Waals surface area contributed by atoms with Crippen molar-refractivity contribution >= 4 is 17.3 Å². The van der Waals surface area contributed by atoms with Crippen molar-refractivity contribution in [1.82, 2.24) is 0 Å². The van der Waals surface area contributed by atoms with E-state index in [1.807, 2.05) is 0 Å². The van der Waals surface area contributed by atoms with Gasteiger partial charge in [-0.3, -0.25) is 14.9 Å². The van der Waals surface area contributed by atoms with E-state index < -0.39 is 4.92 Å². The number of amides is 1. The van der Waals surface area contributed by atoms with Gasteiger partial charge in [-0.25, -0.2) is 0 Å². The van der Waals surface area contributed by atoms with Crippen LogP contribution in [0.3, 0.4) is 0 Å². The zero-order valence-corrected chi connectivity index (χ0v) is 8.19. The average molecular weight is 209 g/mol. The van der Waals surface area contributed by atoms with E-state index in [0.717, 1.165) is 5.56 Å². The Labute approximate surface area is 86.2 Å². The minimum atomic E-state index is -0.516. The average Bonchev–Trinajstić information content (AvgIpc) is 2.20. The van der Waals surface area contributed by atoms with Gasteiger partial charge in [-0.2, -0.15) is 0 Å². The Morgan fingerprint density at radius 3 is 2.80 bits per heavy atom.